The highest BCUT2D eigenvalue weighted by Gasteiger charge is 2.24. The lowest BCUT2D eigenvalue weighted by Gasteiger charge is -2.02. The molecule has 0 radical (unpaired) electrons. The number of carbonyl (C=O) groups is 1. The number of nitrogens with zero attached hydrogens (tertiary/aromatic N) is 2. The molecule has 0 heterocycles. The number of amides is 1. The van der Waals surface area contributed by atoms with E-state index in [0.717, 1.165) is 12.8 Å². The summed E-state index contributed by atoms with van der Waals surface area (Å²) < 4.78 is 0.348. The van der Waals surface area contributed by atoms with E-state index in [-0.39, 0.29) is 17.3 Å². The number of benzene rings is 1. The van der Waals surface area contributed by atoms with Gasteiger partial charge in [0.2, 0.25) is 0 Å². The van der Waals surface area contributed by atoms with E-state index in [1.807, 2.05) is 6.07 Å². The highest BCUT2D eigenvalue weighted by molar-refractivity contribution is 9.10. The molecule has 1 aromatic carbocycles. The van der Waals surface area contributed by atoms with Gasteiger partial charge in [-0.15, -0.1) is 0 Å². The van der Waals surface area contributed by atoms with Crippen molar-refractivity contribution in [2.75, 3.05) is 0 Å². The molecule has 0 aromatic heterocycles. The molecule has 0 unspecified atom stereocenters. The van der Waals surface area contributed by atoms with Gasteiger partial charge in [0.15, 0.2) is 0 Å². The number of rotatable bonds is 4. The van der Waals surface area contributed by atoms with E-state index in [4.69, 9.17) is 5.26 Å². The molecular formula is C13H10BrN3O3. The van der Waals surface area contributed by atoms with Gasteiger partial charge in [-0.2, -0.15) is 5.26 Å². The Morgan fingerprint density at radius 1 is 1.55 bits per heavy atom. The number of halogens is 1. The van der Waals surface area contributed by atoms with Crippen molar-refractivity contribution in [1.29, 1.82) is 5.26 Å². The van der Waals surface area contributed by atoms with Crippen LogP contribution >= 0.6 is 15.9 Å². The summed E-state index contributed by atoms with van der Waals surface area (Å²) in [6, 6.07) is 6.38. The normalized spacial score (nSPS) is 14.5. The zero-order chi connectivity index (χ0) is 14.7. The van der Waals surface area contributed by atoms with Gasteiger partial charge in [-0.1, -0.05) is 6.07 Å². The Balaban J connectivity index is 2.27. The van der Waals surface area contributed by atoms with Crippen LogP contribution in [-0.4, -0.2) is 16.9 Å². The van der Waals surface area contributed by atoms with Crippen LogP contribution in [0.25, 0.3) is 6.08 Å². The minimum atomic E-state index is -0.530. The standard InChI is InChI=1S/C13H10BrN3O3/c14-11-4-1-8(6-12(11)17(19)20)5-9(7-15)13(18)16-10-2-3-10/h1,4-6,10H,2-3H2,(H,16,18)/b9-5+. The number of nitriles is 1. The van der Waals surface area contributed by atoms with Crippen LogP contribution in [0.15, 0.2) is 28.2 Å². The van der Waals surface area contributed by atoms with Crippen molar-refractivity contribution in [3.8, 4) is 6.07 Å². The minimum absolute atomic E-state index is 0.0616. The average molecular weight is 336 g/mol. The van der Waals surface area contributed by atoms with Crippen LogP contribution in [0.1, 0.15) is 18.4 Å². The molecule has 1 N–H and O–H groups in total. The second kappa shape index (κ2) is 5.84. The molecule has 6 nitrogen and oxygen atoms in total. The molecular weight excluding hydrogens is 326 g/mol. The second-order valence-corrected chi connectivity index (χ2v) is 5.24. The smallest absolute Gasteiger partial charge is 0.284 e. The van der Waals surface area contributed by atoms with Crippen molar-refractivity contribution in [2.45, 2.75) is 18.9 Å². The molecule has 1 aliphatic rings. The van der Waals surface area contributed by atoms with Gasteiger partial charge >= 0.3 is 0 Å². The Morgan fingerprint density at radius 2 is 2.25 bits per heavy atom. The Morgan fingerprint density at radius 3 is 2.80 bits per heavy atom. The Kier molecular flexibility index (Phi) is 4.15. The van der Waals surface area contributed by atoms with Gasteiger partial charge in [0.25, 0.3) is 11.6 Å². The molecule has 1 aliphatic carbocycles. The summed E-state index contributed by atoms with van der Waals surface area (Å²) in [7, 11) is 0. The van der Waals surface area contributed by atoms with Crippen LogP contribution in [0.2, 0.25) is 0 Å². The lowest BCUT2D eigenvalue weighted by Crippen LogP contribution is -2.26. The van der Waals surface area contributed by atoms with Crippen molar-refractivity contribution < 1.29 is 9.72 Å². The maximum Gasteiger partial charge on any atom is 0.284 e. The molecule has 20 heavy (non-hydrogen) atoms. The van der Waals surface area contributed by atoms with E-state index in [1.165, 1.54) is 18.2 Å². The van der Waals surface area contributed by atoms with Gasteiger partial charge in [-0.25, -0.2) is 0 Å². The van der Waals surface area contributed by atoms with E-state index in [2.05, 4.69) is 21.2 Å². The van der Waals surface area contributed by atoms with Crippen molar-refractivity contribution in [1.82, 2.24) is 5.32 Å². The summed E-state index contributed by atoms with van der Waals surface area (Å²) in [5.74, 6) is -0.444. The fourth-order valence-corrected chi connectivity index (χ4v) is 1.96. The third kappa shape index (κ3) is 3.42. The van der Waals surface area contributed by atoms with Gasteiger partial charge in [0.05, 0.1) is 9.40 Å². The topological polar surface area (TPSA) is 96.0 Å². The molecule has 0 spiro atoms. The first-order chi connectivity index (χ1) is 9.51. The summed E-state index contributed by atoms with van der Waals surface area (Å²) in [6.07, 6.45) is 3.19. The Hall–Kier alpha value is -2.20. The van der Waals surface area contributed by atoms with Crippen LogP contribution in [0.4, 0.5) is 5.69 Å². The zero-order valence-electron chi connectivity index (χ0n) is 10.3. The van der Waals surface area contributed by atoms with Crippen LogP contribution in [-0.2, 0) is 4.79 Å². The highest BCUT2D eigenvalue weighted by Crippen LogP contribution is 2.26. The SMILES string of the molecule is N#C/C(=C\c1ccc(Br)c([N+](=O)[O-])c1)C(=O)NC1CC1. The van der Waals surface area contributed by atoms with Gasteiger partial charge in [-0.3, -0.25) is 14.9 Å². The predicted molar refractivity (Wildman–Crippen MR) is 75.6 cm³/mol. The first kappa shape index (κ1) is 14.2. The number of carbonyl (C=O) groups excluding carboxylic acids is 1. The minimum Gasteiger partial charge on any atom is -0.349 e. The first-order valence-corrected chi connectivity index (χ1v) is 6.67. The van der Waals surface area contributed by atoms with Crippen LogP contribution < -0.4 is 5.32 Å². The predicted octanol–water partition coefficient (Wildman–Crippen LogP) is 2.54. The van der Waals surface area contributed by atoms with E-state index in [9.17, 15) is 14.9 Å². The van der Waals surface area contributed by atoms with E-state index in [0.29, 0.717) is 10.0 Å². The molecule has 0 aliphatic heterocycles. The van der Waals surface area contributed by atoms with E-state index in [1.54, 1.807) is 6.07 Å². The van der Waals surface area contributed by atoms with Crippen molar-refractivity contribution >= 4 is 33.6 Å². The molecule has 0 saturated heterocycles. The lowest BCUT2D eigenvalue weighted by molar-refractivity contribution is -0.385. The van der Waals surface area contributed by atoms with Gasteiger partial charge in [-0.05, 0) is 46.5 Å². The summed E-state index contributed by atoms with van der Waals surface area (Å²) in [4.78, 5) is 22.1. The molecule has 0 bridgehead atoms. The molecule has 102 valence electrons. The van der Waals surface area contributed by atoms with Gasteiger partial charge in [0.1, 0.15) is 11.6 Å². The van der Waals surface area contributed by atoms with Gasteiger partial charge in [0, 0.05) is 12.1 Å². The van der Waals surface area contributed by atoms with Crippen molar-refractivity contribution in [2.24, 2.45) is 0 Å². The number of nitro benzene ring substituents is 1. The summed E-state index contributed by atoms with van der Waals surface area (Å²) >= 11 is 3.08. The Bertz CT molecular complexity index is 645. The van der Waals surface area contributed by atoms with E-state index < -0.39 is 10.8 Å². The number of hydrogen-bond acceptors (Lipinski definition) is 4. The average Bonchev–Trinajstić information content (AvgIpc) is 3.21. The van der Waals surface area contributed by atoms with Crippen LogP contribution in [0, 0.1) is 21.4 Å². The largest absolute Gasteiger partial charge is 0.349 e. The molecule has 1 fully saturated rings. The number of nitro groups is 1. The van der Waals surface area contributed by atoms with Gasteiger partial charge < -0.3 is 5.32 Å². The molecule has 1 amide bonds. The molecule has 7 heteroatoms. The third-order valence-electron chi connectivity index (χ3n) is 2.76. The number of nitrogens with one attached hydrogen (secondary N) is 1. The lowest BCUT2D eigenvalue weighted by atomic mass is 10.1. The molecule has 1 saturated carbocycles. The zero-order valence-corrected chi connectivity index (χ0v) is 11.9. The van der Waals surface area contributed by atoms with Crippen LogP contribution in [0.5, 0.6) is 0 Å². The van der Waals surface area contributed by atoms with Crippen LogP contribution in [0.3, 0.4) is 0 Å². The summed E-state index contributed by atoms with van der Waals surface area (Å²) in [5.41, 5.74) is 0.259. The third-order valence-corrected chi connectivity index (χ3v) is 3.43. The summed E-state index contributed by atoms with van der Waals surface area (Å²) in [6.45, 7) is 0. The fraction of sp³-hybridized carbons (Fsp3) is 0.231. The highest BCUT2D eigenvalue weighted by atomic mass is 79.9. The first-order valence-electron chi connectivity index (χ1n) is 5.88. The maximum absolute atomic E-state index is 11.8. The summed E-state index contributed by atoms with van der Waals surface area (Å²) in [5, 5.41) is 22.5. The molecule has 2 rings (SSSR count). The maximum atomic E-state index is 11.8. The fourth-order valence-electron chi connectivity index (χ4n) is 1.57. The molecule has 0 atom stereocenters. The molecule has 1 aromatic rings. The Labute approximate surface area is 123 Å². The van der Waals surface area contributed by atoms with Crippen molar-refractivity contribution in [3.63, 3.8) is 0 Å². The quantitative estimate of drug-likeness (QED) is 0.395. The second-order valence-electron chi connectivity index (χ2n) is 4.39. The number of hydrogen-bond donors (Lipinski definition) is 1. The monoisotopic (exact) mass is 335 g/mol. The van der Waals surface area contributed by atoms with E-state index >= 15 is 0 Å². The van der Waals surface area contributed by atoms with Crippen molar-refractivity contribution in [3.05, 3.63) is 43.9 Å².